The number of unbranched alkanes of at least 4 members (excludes halogenated alkanes) is 1. The average molecular weight is 414 g/mol. The first-order chi connectivity index (χ1) is 13.6. The van der Waals surface area contributed by atoms with Gasteiger partial charge in [-0.2, -0.15) is 4.31 Å². The number of carbonyl (C=O) groups is 1. The van der Waals surface area contributed by atoms with Crippen molar-refractivity contribution < 1.29 is 23.4 Å². The van der Waals surface area contributed by atoms with E-state index in [1.165, 1.54) is 32.1 Å². The van der Waals surface area contributed by atoms with Crippen LogP contribution in [-0.4, -0.2) is 48.9 Å². The van der Waals surface area contributed by atoms with Gasteiger partial charge in [-0.05, 0) is 44.4 Å². The molecule has 0 aromatic carbocycles. The first kappa shape index (κ1) is 21.9. The zero-order chi connectivity index (χ0) is 19.9. The first-order valence-electron chi connectivity index (χ1n) is 11.0. The van der Waals surface area contributed by atoms with Crippen LogP contribution in [0.1, 0.15) is 77.0 Å². The summed E-state index contributed by atoms with van der Waals surface area (Å²) in [5, 5.41) is 8.71. The van der Waals surface area contributed by atoms with Crippen LogP contribution in [0.3, 0.4) is 0 Å². The van der Waals surface area contributed by atoms with Crippen LogP contribution in [0.25, 0.3) is 0 Å². The summed E-state index contributed by atoms with van der Waals surface area (Å²) in [5.41, 5.74) is 0. The molecule has 3 aliphatic rings. The second kappa shape index (κ2) is 10.9. The summed E-state index contributed by atoms with van der Waals surface area (Å²) in [6, 6.07) is 0.0110. The Labute approximate surface area is 171 Å². The summed E-state index contributed by atoms with van der Waals surface area (Å²) in [6.07, 6.45) is 16.3. The maximum absolute atomic E-state index is 12.2. The highest BCUT2D eigenvalue weighted by Gasteiger charge is 2.51. The lowest BCUT2D eigenvalue weighted by Crippen LogP contribution is -2.48. The Bertz CT molecular complexity index is 563. The summed E-state index contributed by atoms with van der Waals surface area (Å²) >= 11 is -1.97. The van der Waals surface area contributed by atoms with Gasteiger partial charge in [-0.3, -0.25) is 9.35 Å². The van der Waals surface area contributed by atoms with E-state index in [0.717, 1.165) is 32.1 Å². The zero-order valence-electron chi connectivity index (χ0n) is 16.7. The number of carboxylic acids is 1. The summed E-state index contributed by atoms with van der Waals surface area (Å²) in [4.78, 5) is 10.6. The topological polar surface area (TPSA) is 87.1 Å². The number of nitrogens with zero attached hydrogens (tertiary/aromatic N) is 1. The van der Waals surface area contributed by atoms with Crippen LogP contribution in [0.15, 0.2) is 12.2 Å². The molecule has 6 nitrogen and oxygen atoms in total. The minimum Gasteiger partial charge on any atom is -0.481 e. The summed E-state index contributed by atoms with van der Waals surface area (Å²) in [5.74, 6) is 0.179. The van der Waals surface area contributed by atoms with Gasteiger partial charge in [0.25, 0.3) is 0 Å². The van der Waals surface area contributed by atoms with E-state index < -0.39 is 17.2 Å². The molecule has 2 N–H and O–H groups in total. The lowest BCUT2D eigenvalue weighted by Gasteiger charge is -2.35. The number of fused-ring (bicyclic) bond motifs is 2. The van der Waals surface area contributed by atoms with Crippen LogP contribution in [0.5, 0.6) is 0 Å². The van der Waals surface area contributed by atoms with E-state index >= 15 is 0 Å². The summed E-state index contributed by atoms with van der Waals surface area (Å²) < 4.78 is 30.1. The van der Waals surface area contributed by atoms with E-state index in [-0.39, 0.29) is 30.6 Å². The molecule has 0 aromatic heterocycles. The maximum atomic E-state index is 12.2. The van der Waals surface area contributed by atoms with Crippen molar-refractivity contribution in [2.24, 2.45) is 11.8 Å². The van der Waals surface area contributed by atoms with E-state index in [1.807, 2.05) is 6.08 Å². The van der Waals surface area contributed by atoms with Gasteiger partial charge >= 0.3 is 5.97 Å². The highest BCUT2D eigenvalue weighted by atomic mass is 32.2. The van der Waals surface area contributed by atoms with Crippen molar-refractivity contribution in [3.63, 3.8) is 0 Å². The quantitative estimate of drug-likeness (QED) is 0.302. The number of ether oxygens (including phenoxy) is 1. The standard InChI is InChI=1S/C21H35NO5S/c23-20(24)11-7-2-1-6-10-17-18-12-13-19(27-18)21(17)22(28(25)26)15-14-16-8-4-3-5-9-16/h1,6,16-19,21H,2-5,7-15H2,(H,23,24)(H,25,26). The molecule has 0 amide bonds. The van der Waals surface area contributed by atoms with E-state index in [9.17, 15) is 13.6 Å². The number of carboxylic acid groups (broad SMARTS) is 1. The molecular formula is C21H35NO5S. The highest BCUT2D eigenvalue weighted by Crippen LogP contribution is 2.44. The average Bonchev–Trinajstić information content (AvgIpc) is 3.27. The van der Waals surface area contributed by atoms with E-state index in [1.54, 1.807) is 4.31 Å². The predicted octanol–water partition coefficient (Wildman–Crippen LogP) is 4.14. The third kappa shape index (κ3) is 5.88. The number of allylic oxidation sites excluding steroid dienone is 2. The smallest absolute Gasteiger partial charge is 0.303 e. The van der Waals surface area contributed by atoms with Crippen molar-refractivity contribution in [1.29, 1.82) is 0 Å². The Morgan fingerprint density at radius 2 is 1.86 bits per heavy atom. The Hall–Kier alpha value is -0.760. The van der Waals surface area contributed by atoms with Crippen molar-refractivity contribution in [3.8, 4) is 0 Å². The van der Waals surface area contributed by atoms with E-state index in [0.29, 0.717) is 18.9 Å². The van der Waals surface area contributed by atoms with Gasteiger partial charge in [0, 0.05) is 18.9 Å². The van der Waals surface area contributed by atoms with Crippen molar-refractivity contribution in [3.05, 3.63) is 12.2 Å². The highest BCUT2D eigenvalue weighted by molar-refractivity contribution is 7.76. The van der Waals surface area contributed by atoms with Gasteiger partial charge in [0.05, 0.1) is 18.2 Å². The molecule has 2 aliphatic heterocycles. The lowest BCUT2D eigenvalue weighted by atomic mass is 9.81. The number of rotatable bonds is 11. The van der Waals surface area contributed by atoms with Crippen LogP contribution in [0.4, 0.5) is 0 Å². The third-order valence-corrected chi connectivity index (χ3v) is 7.56. The predicted molar refractivity (Wildman–Crippen MR) is 109 cm³/mol. The van der Waals surface area contributed by atoms with Crippen LogP contribution in [0.2, 0.25) is 0 Å². The van der Waals surface area contributed by atoms with Gasteiger partial charge < -0.3 is 9.84 Å². The maximum Gasteiger partial charge on any atom is 0.303 e. The molecular weight excluding hydrogens is 378 g/mol. The van der Waals surface area contributed by atoms with Crippen molar-refractivity contribution >= 4 is 17.2 Å². The molecule has 3 fully saturated rings. The van der Waals surface area contributed by atoms with Crippen LogP contribution in [-0.2, 0) is 20.8 Å². The molecule has 160 valence electrons. The fourth-order valence-corrected chi connectivity index (χ4v) is 6.06. The minimum absolute atomic E-state index is 0.0110. The molecule has 2 saturated heterocycles. The monoisotopic (exact) mass is 413 g/mol. The molecule has 5 unspecified atom stereocenters. The van der Waals surface area contributed by atoms with Crippen LogP contribution >= 0.6 is 0 Å². The molecule has 1 aliphatic carbocycles. The molecule has 2 bridgehead atoms. The molecule has 3 rings (SSSR count). The van der Waals surface area contributed by atoms with E-state index in [4.69, 9.17) is 9.84 Å². The minimum atomic E-state index is -1.97. The molecule has 1 saturated carbocycles. The van der Waals surface area contributed by atoms with Gasteiger partial charge in [0.2, 0.25) is 11.3 Å². The van der Waals surface area contributed by atoms with Crippen molar-refractivity contribution in [2.75, 3.05) is 6.54 Å². The van der Waals surface area contributed by atoms with Gasteiger partial charge in [-0.25, -0.2) is 4.21 Å². The molecule has 0 aromatic rings. The normalized spacial score (nSPS) is 31.8. The SMILES string of the molecule is O=C(O)CCCC=CCC1C2CCC(O2)C1N(CCC1CCCCC1)S(=O)O. The lowest BCUT2D eigenvalue weighted by molar-refractivity contribution is -0.137. The Morgan fingerprint density at radius 3 is 2.57 bits per heavy atom. The second-order valence-corrected chi connectivity index (χ2v) is 9.53. The van der Waals surface area contributed by atoms with Gasteiger partial charge in [-0.15, -0.1) is 0 Å². The summed E-state index contributed by atoms with van der Waals surface area (Å²) in [7, 11) is 0. The fraction of sp³-hybridized carbons (Fsp3) is 0.857. The molecule has 5 atom stereocenters. The number of hydrogen-bond acceptors (Lipinski definition) is 3. The fourth-order valence-electron chi connectivity index (χ4n) is 5.30. The molecule has 7 heteroatoms. The van der Waals surface area contributed by atoms with Crippen LogP contribution in [0, 0.1) is 11.8 Å². The largest absolute Gasteiger partial charge is 0.481 e. The molecule has 2 heterocycles. The Balaban J connectivity index is 1.55. The van der Waals surface area contributed by atoms with Gasteiger partial charge in [0.1, 0.15) is 0 Å². The third-order valence-electron chi connectivity index (χ3n) is 6.73. The number of hydrogen-bond donors (Lipinski definition) is 2. The van der Waals surface area contributed by atoms with Gasteiger partial charge in [0.15, 0.2) is 0 Å². The molecule has 0 radical (unpaired) electrons. The molecule has 0 spiro atoms. The first-order valence-corrected chi connectivity index (χ1v) is 12.0. The zero-order valence-corrected chi connectivity index (χ0v) is 17.5. The Morgan fingerprint density at radius 1 is 1.11 bits per heavy atom. The Kier molecular flexibility index (Phi) is 8.51. The number of aliphatic carboxylic acids is 1. The van der Waals surface area contributed by atoms with Crippen molar-refractivity contribution in [2.45, 2.75) is 95.3 Å². The van der Waals surface area contributed by atoms with Crippen molar-refractivity contribution in [1.82, 2.24) is 4.31 Å². The summed E-state index contributed by atoms with van der Waals surface area (Å²) in [6.45, 7) is 0.670. The van der Waals surface area contributed by atoms with Gasteiger partial charge in [-0.1, -0.05) is 44.3 Å². The second-order valence-electron chi connectivity index (χ2n) is 8.60. The van der Waals surface area contributed by atoms with E-state index in [2.05, 4.69) is 6.08 Å². The van der Waals surface area contributed by atoms with Crippen LogP contribution < -0.4 is 0 Å². The molecule has 28 heavy (non-hydrogen) atoms.